The van der Waals surface area contributed by atoms with E-state index in [1.54, 1.807) is 0 Å². The highest BCUT2D eigenvalue weighted by Crippen LogP contribution is 2.17. The molecule has 0 spiro atoms. The second-order valence-electron chi connectivity index (χ2n) is 4.36. The lowest BCUT2D eigenvalue weighted by molar-refractivity contribution is -0.143. The summed E-state index contributed by atoms with van der Waals surface area (Å²) in [5.74, 6) is 0.535. The number of hydrogen-bond donors (Lipinski definition) is 1. The molecule has 2 rings (SSSR count). The molecule has 2 heterocycles. The molecule has 15 heavy (non-hydrogen) atoms. The van der Waals surface area contributed by atoms with Crippen molar-refractivity contribution in [3.63, 3.8) is 0 Å². The average molecular weight is 212 g/mol. The monoisotopic (exact) mass is 212 g/mol. The van der Waals surface area contributed by atoms with Crippen LogP contribution in [0.4, 0.5) is 0 Å². The third-order valence-electron chi connectivity index (χ3n) is 3.39. The Kier molecular flexibility index (Phi) is 3.59. The molecule has 2 aliphatic rings. The largest absolute Gasteiger partial charge is 0.377 e. The molecule has 0 aliphatic carbocycles. The van der Waals surface area contributed by atoms with E-state index in [4.69, 9.17) is 4.74 Å². The molecule has 0 radical (unpaired) electrons. The zero-order chi connectivity index (χ0) is 10.7. The molecule has 2 aliphatic heterocycles. The van der Waals surface area contributed by atoms with E-state index in [1.807, 2.05) is 4.90 Å². The van der Waals surface area contributed by atoms with Crippen LogP contribution in [0.5, 0.6) is 0 Å². The van der Waals surface area contributed by atoms with Crippen LogP contribution in [0.2, 0.25) is 0 Å². The number of morpholine rings is 1. The summed E-state index contributed by atoms with van der Waals surface area (Å²) in [6.45, 7) is 6.13. The molecule has 0 saturated carbocycles. The number of amides is 1. The van der Waals surface area contributed by atoms with Crippen molar-refractivity contribution in [2.75, 3.05) is 32.8 Å². The van der Waals surface area contributed by atoms with Gasteiger partial charge in [0.05, 0.1) is 25.2 Å². The number of hydrogen-bond acceptors (Lipinski definition) is 3. The first-order chi connectivity index (χ1) is 7.33. The Bertz CT molecular complexity index is 227. The van der Waals surface area contributed by atoms with E-state index >= 15 is 0 Å². The van der Waals surface area contributed by atoms with Crippen molar-refractivity contribution in [1.82, 2.24) is 10.2 Å². The topological polar surface area (TPSA) is 41.6 Å². The summed E-state index contributed by atoms with van der Waals surface area (Å²) in [7, 11) is 0. The van der Waals surface area contributed by atoms with E-state index in [0.717, 1.165) is 32.5 Å². The van der Waals surface area contributed by atoms with E-state index < -0.39 is 0 Å². The molecule has 2 saturated heterocycles. The number of rotatable bonds is 2. The van der Waals surface area contributed by atoms with E-state index in [2.05, 4.69) is 12.2 Å². The van der Waals surface area contributed by atoms with Crippen LogP contribution in [0, 0.1) is 5.92 Å². The first-order valence-electron chi connectivity index (χ1n) is 5.92. The minimum atomic E-state index is 0.206. The Morgan fingerprint density at radius 3 is 3.13 bits per heavy atom. The van der Waals surface area contributed by atoms with Crippen molar-refractivity contribution >= 4 is 5.91 Å². The smallest absolute Gasteiger partial charge is 0.227 e. The fourth-order valence-corrected chi connectivity index (χ4v) is 2.38. The highest BCUT2D eigenvalue weighted by Gasteiger charge is 2.32. The number of nitrogens with one attached hydrogen (secondary N) is 1. The van der Waals surface area contributed by atoms with Crippen LogP contribution in [0.15, 0.2) is 0 Å². The van der Waals surface area contributed by atoms with Gasteiger partial charge in [0.1, 0.15) is 0 Å². The minimum absolute atomic E-state index is 0.206. The molecule has 1 N–H and O–H groups in total. The third-order valence-corrected chi connectivity index (χ3v) is 3.39. The maximum absolute atomic E-state index is 12.2. The summed E-state index contributed by atoms with van der Waals surface area (Å²) < 4.78 is 5.41. The number of carbonyl (C=O) groups is 1. The summed E-state index contributed by atoms with van der Waals surface area (Å²) >= 11 is 0. The van der Waals surface area contributed by atoms with Gasteiger partial charge in [-0.15, -0.1) is 0 Å². The Balaban J connectivity index is 1.96. The lowest BCUT2D eigenvalue weighted by Gasteiger charge is -2.36. The van der Waals surface area contributed by atoms with E-state index in [0.29, 0.717) is 25.2 Å². The molecular weight excluding hydrogens is 192 g/mol. The van der Waals surface area contributed by atoms with E-state index in [1.165, 1.54) is 0 Å². The van der Waals surface area contributed by atoms with Gasteiger partial charge in [0.15, 0.2) is 0 Å². The fourth-order valence-electron chi connectivity index (χ4n) is 2.38. The Morgan fingerprint density at radius 2 is 2.47 bits per heavy atom. The van der Waals surface area contributed by atoms with Crippen LogP contribution in [0.3, 0.4) is 0 Å². The van der Waals surface area contributed by atoms with Gasteiger partial charge in [-0.2, -0.15) is 0 Å². The SMILES string of the molecule is CCC1COCCN1C(=O)[C@H]1CCNC1. The molecule has 86 valence electrons. The molecule has 2 atom stereocenters. The van der Waals surface area contributed by atoms with Gasteiger partial charge < -0.3 is 15.0 Å². The molecule has 0 aromatic carbocycles. The van der Waals surface area contributed by atoms with Crippen molar-refractivity contribution in [1.29, 1.82) is 0 Å². The summed E-state index contributed by atoms with van der Waals surface area (Å²) in [4.78, 5) is 14.2. The van der Waals surface area contributed by atoms with Crippen LogP contribution < -0.4 is 5.32 Å². The van der Waals surface area contributed by atoms with Crippen LogP contribution >= 0.6 is 0 Å². The van der Waals surface area contributed by atoms with Crippen LogP contribution in [-0.2, 0) is 9.53 Å². The van der Waals surface area contributed by atoms with Gasteiger partial charge in [-0.25, -0.2) is 0 Å². The number of carbonyl (C=O) groups excluding carboxylic acids is 1. The first-order valence-corrected chi connectivity index (χ1v) is 5.92. The van der Waals surface area contributed by atoms with Crippen LogP contribution in [0.1, 0.15) is 19.8 Å². The van der Waals surface area contributed by atoms with Gasteiger partial charge in [-0.3, -0.25) is 4.79 Å². The molecule has 0 bridgehead atoms. The molecular formula is C11H20N2O2. The molecule has 4 nitrogen and oxygen atoms in total. The predicted molar refractivity (Wildman–Crippen MR) is 57.6 cm³/mol. The molecule has 0 aromatic heterocycles. The summed E-state index contributed by atoms with van der Waals surface area (Å²) in [5.41, 5.74) is 0. The second kappa shape index (κ2) is 4.94. The lowest BCUT2D eigenvalue weighted by atomic mass is 10.0. The molecule has 4 heteroatoms. The van der Waals surface area contributed by atoms with Crippen molar-refractivity contribution in [2.24, 2.45) is 5.92 Å². The van der Waals surface area contributed by atoms with Crippen molar-refractivity contribution in [2.45, 2.75) is 25.8 Å². The summed E-state index contributed by atoms with van der Waals surface area (Å²) in [6, 6.07) is 0.298. The average Bonchev–Trinajstić information content (AvgIpc) is 2.81. The van der Waals surface area contributed by atoms with Gasteiger partial charge >= 0.3 is 0 Å². The minimum Gasteiger partial charge on any atom is -0.377 e. The Morgan fingerprint density at radius 1 is 1.60 bits per heavy atom. The highest BCUT2D eigenvalue weighted by molar-refractivity contribution is 5.79. The van der Waals surface area contributed by atoms with Gasteiger partial charge in [-0.05, 0) is 19.4 Å². The molecule has 1 amide bonds. The van der Waals surface area contributed by atoms with Crippen molar-refractivity contribution in [3.8, 4) is 0 Å². The molecule has 1 unspecified atom stereocenters. The van der Waals surface area contributed by atoms with Crippen molar-refractivity contribution < 1.29 is 9.53 Å². The van der Waals surface area contributed by atoms with Gasteiger partial charge in [0.25, 0.3) is 0 Å². The summed E-state index contributed by atoms with van der Waals surface area (Å²) in [5, 5.41) is 3.25. The zero-order valence-electron chi connectivity index (χ0n) is 9.37. The molecule has 0 aromatic rings. The van der Waals surface area contributed by atoms with Gasteiger partial charge in [0, 0.05) is 13.1 Å². The zero-order valence-corrected chi connectivity index (χ0v) is 9.37. The van der Waals surface area contributed by atoms with E-state index in [-0.39, 0.29) is 5.92 Å². The fraction of sp³-hybridized carbons (Fsp3) is 0.909. The Hall–Kier alpha value is -0.610. The summed E-state index contributed by atoms with van der Waals surface area (Å²) in [6.07, 6.45) is 1.98. The first kappa shape index (κ1) is 10.9. The number of ether oxygens (including phenoxy) is 1. The highest BCUT2D eigenvalue weighted by atomic mass is 16.5. The lowest BCUT2D eigenvalue weighted by Crippen LogP contribution is -2.50. The number of nitrogens with zero attached hydrogens (tertiary/aromatic N) is 1. The predicted octanol–water partition coefficient (Wildman–Crippen LogP) is 0.233. The standard InChI is InChI=1S/C11H20N2O2/c1-2-10-8-15-6-5-13(10)11(14)9-3-4-12-7-9/h9-10,12H,2-8H2,1H3/t9-,10?/m0/s1. The van der Waals surface area contributed by atoms with Crippen LogP contribution in [0.25, 0.3) is 0 Å². The van der Waals surface area contributed by atoms with Gasteiger partial charge in [0.2, 0.25) is 5.91 Å². The second-order valence-corrected chi connectivity index (χ2v) is 4.36. The maximum atomic E-state index is 12.2. The quantitative estimate of drug-likeness (QED) is 0.712. The van der Waals surface area contributed by atoms with E-state index in [9.17, 15) is 4.79 Å². The normalized spacial score (nSPS) is 31.9. The third kappa shape index (κ3) is 2.32. The van der Waals surface area contributed by atoms with Crippen molar-refractivity contribution in [3.05, 3.63) is 0 Å². The Labute approximate surface area is 91.0 Å². The maximum Gasteiger partial charge on any atom is 0.227 e. The molecule has 2 fully saturated rings. The van der Waals surface area contributed by atoms with Gasteiger partial charge in [-0.1, -0.05) is 6.92 Å². The van der Waals surface area contributed by atoms with Crippen LogP contribution in [-0.4, -0.2) is 49.7 Å².